The molecule has 0 radical (unpaired) electrons. The van der Waals surface area contributed by atoms with Gasteiger partial charge >= 0.3 is 6.36 Å². The van der Waals surface area contributed by atoms with Crippen LogP contribution in [0.1, 0.15) is 11.3 Å². The number of rotatable bonds is 7. The normalized spacial score (nSPS) is 12.4. The van der Waals surface area contributed by atoms with Crippen molar-refractivity contribution in [2.24, 2.45) is 0 Å². The highest BCUT2D eigenvalue weighted by Crippen LogP contribution is 2.32. The van der Waals surface area contributed by atoms with E-state index in [1.54, 1.807) is 37.3 Å². The van der Waals surface area contributed by atoms with Crippen molar-refractivity contribution in [3.05, 3.63) is 65.9 Å². The number of halogens is 3. The molecule has 3 aromatic carbocycles. The lowest BCUT2D eigenvalue weighted by atomic mass is 10.1. The van der Waals surface area contributed by atoms with E-state index in [9.17, 15) is 21.6 Å². The Morgan fingerprint density at radius 3 is 2.42 bits per heavy atom. The van der Waals surface area contributed by atoms with Gasteiger partial charge in [-0.1, -0.05) is 24.3 Å². The van der Waals surface area contributed by atoms with Gasteiger partial charge in [0.2, 0.25) is 10.0 Å². The van der Waals surface area contributed by atoms with Gasteiger partial charge in [-0.05, 0) is 49.2 Å². The highest BCUT2D eigenvalue weighted by Gasteiger charge is 2.31. The average molecular weight is 478 g/mol. The number of hydrogen-bond donors (Lipinski definition) is 2. The van der Waals surface area contributed by atoms with Crippen molar-refractivity contribution >= 4 is 31.7 Å². The zero-order chi connectivity index (χ0) is 23.8. The summed E-state index contributed by atoms with van der Waals surface area (Å²) in [6.45, 7) is 1.84. The van der Waals surface area contributed by atoms with E-state index in [0.717, 1.165) is 5.69 Å². The lowest BCUT2D eigenvalue weighted by Crippen LogP contribution is -2.26. The maximum Gasteiger partial charge on any atom is 0.573 e. The minimum absolute atomic E-state index is 0.0564. The second-order valence-corrected chi connectivity index (χ2v) is 9.18. The van der Waals surface area contributed by atoms with Crippen LogP contribution in [0.15, 0.2) is 59.5 Å². The van der Waals surface area contributed by atoms with Crippen LogP contribution in [-0.2, 0) is 16.4 Å². The second kappa shape index (κ2) is 8.60. The Balaban J connectivity index is 1.58. The SMILES string of the molecule is COc1ccc(S(=O)(=O)NCCc2c(C)[nH]c3ccc(OC(F)(F)F)cc23)c2ccccc12. The Hall–Kier alpha value is -3.24. The number of aromatic amines is 1. The molecule has 33 heavy (non-hydrogen) atoms. The van der Waals surface area contributed by atoms with E-state index in [2.05, 4.69) is 14.4 Å². The molecule has 0 spiro atoms. The summed E-state index contributed by atoms with van der Waals surface area (Å²) >= 11 is 0. The van der Waals surface area contributed by atoms with Crippen molar-refractivity contribution in [1.29, 1.82) is 0 Å². The van der Waals surface area contributed by atoms with Gasteiger partial charge in [0.1, 0.15) is 11.5 Å². The number of nitrogens with one attached hydrogen (secondary N) is 2. The number of methoxy groups -OCH3 is 1. The minimum atomic E-state index is -4.80. The van der Waals surface area contributed by atoms with Crippen LogP contribution in [0.25, 0.3) is 21.7 Å². The minimum Gasteiger partial charge on any atom is -0.496 e. The number of hydrogen-bond acceptors (Lipinski definition) is 4. The first-order valence-electron chi connectivity index (χ1n) is 10.0. The predicted octanol–water partition coefficient (Wildman–Crippen LogP) is 5.06. The molecule has 0 amide bonds. The van der Waals surface area contributed by atoms with Gasteiger partial charge in [-0.2, -0.15) is 0 Å². The zero-order valence-corrected chi connectivity index (χ0v) is 18.6. The van der Waals surface area contributed by atoms with Crippen LogP contribution in [0.3, 0.4) is 0 Å². The highest BCUT2D eigenvalue weighted by molar-refractivity contribution is 7.89. The van der Waals surface area contributed by atoms with Crippen LogP contribution in [0.5, 0.6) is 11.5 Å². The highest BCUT2D eigenvalue weighted by atomic mass is 32.2. The maximum absolute atomic E-state index is 13.0. The van der Waals surface area contributed by atoms with E-state index < -0.39 is 16.4 Å². The number of fused-ring (bicyclic) bond motifs is 2. The Bertz CT molecular complexity index is 1430. The lowest BCUT2D eigenvalue weighted by molar-refractivity contribution is -0.274. The van der Waals surface area contributed by atoms with Crippen molar-refractivity contribution in [2.45, 2.75) is 24.6 Å². The summed E-state index contributed by atoms with van der Waals surface area (Å²) in [4.78, 5) is 3.23. The van der Waals surface area contributed by atoms with Gasteiger partial charge in [0.05, 0.1) is 12.0 Å². The third-order valence-electron chi connectivity index (χ3n) is 5.35. The summed E-state index contributed by atoms with van der Waals surface area (Å²) < 4.78 is 75.7. The van der Waals surface area contributed by atoms with E-state index >= 15 is 0 Å². The first kappa shape index (κ1) is 22.9. The van der Waals surface area contributed by atoms with Crippen molar-refractivity contribution in [3.8, 4) is 11.5 Å². The second-order valence-electron chi connectivity index (χ2n) is 7.44. The molecule has 10 heteroatoms. The molecule has 0 unspecified atom stereocenters. The summed E-state index contributed by atoms with van der Waals surface area (Å²) in [5.41, 5.74) is 2.09. The van der Waals surface area contributed by atoms with E-state index in [-0.39, 0.29) is 23.6 Å². The first-order valence-corrected chi connectivity index (χ1v) is 11.5. The van der Waals surface area contributed by atoms with E-state index in [1.165, 1.54) is 31.4 Å². The summed E-state index contributed by atoms with van der Waals surface area (Å²) in [7, 11) is -2.34. The van der Waals surface area contributed by atoms with Gasteiger partial charge in [-0.25, -0.2) is 13.1 Å². The van der Waals surface area contributed by atoms with Crippen LogP contribution >= 0.6 is 0 Å². The Kier molecular flexibility index (Phi) is 5.98. The lowest BCUT2D eigenvalue weighted by Gasteiger charge is -2.12. The van der Waals surface area contributed by atoms with E-state index in [4.69, 9.17) is 4.74 Å². The molecular formula is C23H21F3N2O4S. The number of H-pyrrole nitrogens is 1. The molecule has 0 saturated carbocycles. The van der Waals surface area contributed by atoms with Crippen molar-refractivity contribution in [1.82, 2.24) is 9.71 Å². The van der Waals surface area contributed by atoms with Gasteiger partial charge in [0, 0.05) is 33.9 Å². The number of aromatic nitrogens is 1. The van der Waals surface area contributed by atoms with Gasteiger partial charge in [-0.3, -0.25) is 0 Å². The number of aryl methyl sites for hydroxylation is 1. The number of benzene rings is 3. The van der Waals surface area contributed by atoms with Gasteiger partial charge < -0.3 is 14.5 Å². The standard InChI is InChI=1S/C23H21F3N2O4S/c1-14-16(19-13-15(32-23(24,25)26)7-8-20(19)28-14)11-12-27-33(29,30)22-10-9-21(31-2)17-5-3-4-6-18(17)22/h3-10,13,27-28H,11-12H2,1-2H3. The van der Waals surface area contributed by atoms with E-state index in [0.29, 0.717) is 33.0 Å². The third kappa shape index (κ3) is 4.76. The fourth-order valence-electron chi connectivity index (χ4n) is 3.93. The predicted molar refractivity (Wildman–Crippen MR) is 119 cm³/mol. The molecular weight excluding hydrogens is 457 g/mol. The molecule has 2 N–H and O–H groups in total. The van der Waals surface area contributed by atoms with Crippen LogP contribution < -0.4 is 14.2 Å². The smallest absolute Gasteiger partial charge is 0.496 e. The number of ether oxygens (including phenoxy) is 2. The molecule has 6 nitrogen and oxygen atoms in total. The largest absolute Gasteiger partial charge is 0.573 e. The Labute approximate surface area is 188 Å². The van der Waals surface area contributed by atoms with Gasteiger partial charge in [0.25, 0.3) is 0 Å². The Morgan fingerprint density at radius 1 is 1.00 bits per heavy atom. The monoisotopic (exact) mass is 478 g/mol. The molecule has 1 aromatic heterocycles. The summed E-state index contributed by atoms with van der Waals surface area (Å²) in [5.74, 6) is 0.233. The molecule has 0 aliphatic heterocycles. The van der Waals surface area contributed by atoms with Crippen molar-refractivity contribution in [2.75, 3.05) is 13.7 Å². The molecule has 0 saturated heterocycles. The van der Waals surface area contributed by atoms with Crippen LogP contribution in [-0.4, -0.2) is 33.4 Å². The molecule has 0 aliphatic carbocycles. The Morgan fingerprint density at radius 2 is 1.73 bits per heavy atom. The zero-order valence-electron chi connectivity index (χ0n) is 17.8. The third-order valence-corrected chi connectivity index (χ3v) is 6.86. The van der Waals surface area contributed by atoms with Crippen molar-refractivity contribution < 1.29 is 31.1 Å². The van der Waals surface area contributed by atoms with Crippen molar-refractivity contribution in [3.63, 3.8) is 0 Å². The molecule has 4 rings (SSSR count). The molecule has 4 aromatic rings. The first-order chi connectivity index (χ1) is 15.6. The molecule has 1 heterocycles. The number of alkyl halides is 3. The topological polar surface area (TPSA) is 80.4 Å². The summed E-state index contributed by atoms with van der Waals surface area (Å²) in [6, 6.07) is 14.1. The summed E-state index contributed by atoms with van der Waals surface area (Å²) in [6.07, 6.45) is -4.52. The summed E-state index contributed by atoms with van der Waals surface area (Å²) in [5, 5.41) is 1.75. The molecule has 0 bridgehead atoms. The fraction of sp³-hybridized carbons (Fsp3) is 0.217. The van der Waals surface area contributed by atoms with Crippen LogP contribution in [0, 0.1) is 6.92 Å². The van der Waals surface area contributed by atoms with Crippen LogP contribution in [0.2, 0.25) is 0 Å². The average Bonchev–Trinajstić information content (AvgIpc) is 3.06. The number of sulfonamides is 1. The molecule has 0 atom stereocenters. The maximum atomic E-state index is 13.0. The molecule has 0 fully saturated rings. The quantitative estimate of drug-likeness (QED) is 0.389. The van der Waals surface area contributed by atoms with Gasteiger partial charge in [0.15, 0.2) is 0 Å². The molecule has 174 valence electrons. The van der Waals surface area contributed by atoms with E-state index in [1.807, 2.05) is 0 Å². The van der Waals surface area contributed by atoms with Crippen LogP contribution in [0.4, 0.5) is 13.2 Å². The fourth-order valence-corrected chi connectivity index (χ4v) is 5.17. The van der Waals surface area contributed by atoms with Gasteiger partial charge in [-0.15, -0.1) is 13.2 Å². The molecule has 0 aliphatic rings.